The molecule has 1 aromatic heterocycles. The lowest BCUT2D eigenvalue weighted by atomic mass is 9.91. The van der Waals surface area contributed by atoms with Gasteiger partial charge in [-0.2, -0.15) is 0 Å². The van der Waals surface area contributed by atoms with Crippen LogP contribution < -0.4 is 5.73 Å². The number of carbonyl (C=O) groups is 1. The lowest BCUT2D eigenvalue weighted by Gasteiger charge is -2.16. The highest BCUT2D eigenvalue weighted by Crippen LogP contribution is 2.40. The van der Waals surface area contributed by atoms with Crippen molar-refractivity contribution in [3.63, 3.8) is 0 Å². The van der Waals surface area contributed by atoms with Crippen LogP contribution in [0, 0.1) is 0 Å². The number of aromatic nitrogens is 1. The molecule has 0 amide bonds. The minimum atomic E-state index is -0.381. The second-order valence-electron chi connectivity index (χ2n) is 6.20. The number of nitrogens with two attached hydrogens (primary N) is 1. The topological polar surface area (TPSA) is 65.2 Å². The zero-order valence-corrected chi connectivity index (χ0v) is 14.8. The predicted molar refractivity (Wildman–Crippen MR) is 108 cm³/mol. The highest BCUT2D eigenvalue weighted by molar-refractivity contribution is 6.07. The Morgan fingerprint density at radius 1 is 0.852 bits per heavy atom. The number of pyridine rings is 1. The van der Waals surface area contributed by atoms with Crippen LogP contribution in [0.25, 0.3) is 33.2 Å². The van der Waals surface area contributed by atoms with E-state index in [-0.39, 0.29) is 5.97 Å². The van der Waals surface area contributed by atoms with E-state index in [1.807, 2.05) is 66.7 Å². The number of rotatable bonds is 3. The molecule has 4 rings (SSSR count). The minimum absolute atomic E-state index is 0.381. The van der Waals surface area contributed by atoms with E-state index in [0.29, 0.717) is 11.4 Å². The summed E-state index contributed by atoms with van der Waals surface area (Å²) in [5.41, 5.74) is 11.4. The number of methoxy groups -OCH3 is 1. The number of anilines is 1. The molecule has 2 N–H and O–H groups in total. The molecule has 4 aromatic rings. The fourth-order valence-corrected chi connectivity index (χ4v) is 3.33. The molecule has 0 aliphatic rings. The average Bonchev–Trinajstić information content (AvgIpc) is 2.73. The number of carbonyl (C=O) groups excluding carboxylic acids is 1. The lowest BCUT2D eigenvalue weighted by Crippen LogP contribution is -2.03. The smallest absolute Gasteiger partial charge is 0.337 e. The summed E-state index contributed by atoms with van der Waals surface area (Å²) in [6, 6.07) is 25.3. The van der Waals surface area contributed by atoms with Gasteiger partial charge in [0, 0.05) is 16.5 Å². The van der Waals surface area contributed by atoms with Crippen molar-refractivity contribution in [3.05, 3.63) is 84.4 Å². The van der Waals surface area contributed by atoms with Gasteiger partial charge in [0.1, 0.15) is 5.82 Å². The molecular formula is C23H18N2O2. The van der Waals surface area contributed by atoms with Crippen LogP contribution in [0.4, 0.5) is 5.82 Å². The number of hydrogen-bond acceptors (Lipinski definition) is 4. The van der Waals surface area contributed by atoms with Gasteiger partial charge in [-0.3, -0.25) is 0 Å². The van der Waals surface area contributed by atoms with Crippen LogP contribution in [0.5, 0.6) is 0 Å². The van der Waals surface area contributed by atoms with Gasteiger partial charge < -0.3 is 10.5 Å². The van der Waals surface area contributed by atoms with Gasteiger partial charge in [0.05, 0.1) is 18.2 Å². The van der Waals surface area contributed by atoms with Gasteiger partial charge in [-0.05, 0) is 29.3 Å². The van der Waals surface area contributed by atoms with Crippen molar-refractivity contribution < 1.29 is 9.53 Å². The molecule has 0 bridgehead atoms. The monoisotopic (exact) mass is 354 g/mol. The van der Waals surface area contributed by atoms with Crippen LogP contribution >= 0.6 is 0 Å². The summed E-state index contributed by atoms with van der Waals surface area (Å²) in [5, 5.41) is 0.858. The predicted octanol–water partition coefficient (Wildman–Crippen LogP) is 4.94. The summed E-state index contributed by atoms with van der Waals surface area (Å²) >= 11 is 0. The maximum absolute atomic E-state index is 12.1. The van der Waals surface area contributed by atoms with Crippen LogP contribution in [0.15, 0.2) is 78.9 Å². The Balaban J connectivity index is 2.12. The highest BCUT2D eigenvalue weighted by atomic mass is 16.5. The van der Waals surface area contributed by atoms with Crippen LogP contribution in [0.3, 0.4) is 0 Å². The second-order valence-corrected chi connectivity index (χ2v) is 6.20. The van der Waals surface area contributed by atoms with Crippen molar-refractivity contribution in [2.45, 2.75) is 0 Å². The molecule has 0 radical (unpaired) electrons. The largest absolute Gasteiger partial charge is 0.465 e. The van der Waals surface area contributed by atoms with Gasteiger partial charge in [0.15, 0.2) is 0 Å². The quantitative estimate of drug-likeness (QED) is 0.529. The molecular weight excluding hydrogens is 336 g/mol. The van der Waals surface area contributed by atoms with Gasteiger partial charge in [0.25, 0.3) is 0 Å². The normalized spacial score (nSPS) is 10.7. The molecule has 3 aromatic carbocycles. The number of hydrogen-bond donors (Lipinski definition) is 1. The summed E-state index contributed by atoms with van der Waals surface area (Å²) in [6.45, 7) is 0. The van der Waals surface area contributed by atoms with E-state index >= 15 is 0 Å². The Morgan fingerprint density at radius 3 is 2.04 bits per heavy atom. The van der Waals surface area contributed by atoms with Gasteiger partial charge in [-0.15, -0.1) is 0 Å². The third-order valence-corrected chi connectivity index (χ3v) is 4.56. The van der Waals surface area contributed by atoms with E-state index in [9.17, 15) is 4.79 Å². The van der Waals surface area contributed by atoms with Crippen LogP contribution in [0.2, 0.25) is 0 Å². The molecule has 0 saturated carbocycles. The van der Waals surface area contributed by atoms with Crippen molar-refractivity contribution >= 4 is 22.7 Å². The molecule has 27 heavy (non-hydrogen) atoms. The van der Waals surface area contributed by atoms with Crippen molar-refractivity contribution in [2.75, 3.05) is 12.8 Å². The molecule has 4 nitrogen and oxygen atoms in total. The fourth-order valence-electron chi connectivity index (χ4n) is 3.33. The molecule has 4 heteroatoms. The van der Waals surface area contributed by atoms with Crippen LogP contribution in [-0.4, -0.2) is 18.1 Å². The maximum atomic E-state index is 12.1. The average molecular weight is 354 g/mol. The molecule has 0 aliphatic heterocycles. The number of fused-ring (bicyclic) bond motifs is 1. The van der Waals surface area contributed by atoms with E-state index in [4.69, 9.17) is 10.5 Å². The molecule has 1 heterocycles. The molecule has 0 saturated heterocycles. The van der Waals surface area contributed by atoms with Crippen molar-refractivity contribution in [1.29, 1.82) is 0 Å². The van der Waals surface area contributed by atoms with E-state index in [1.54, 1.807) is 12.1 Å². The lowest BCUT2D eigenvalue weighted by molar-refractivity contribution is 0.0601. The first-order valence-electron chi connectivity index (χ1n) is 8.61. The first-order valence-corrected chi connectivity index (χ1v) is 8.61. The number of benzene rings is 3. The first kappa shape index (κ1) is 16.8. The maximum Gasteiger partial charge on any atom is 0.337 e. The Labute approximate surface area is 157 Å². The molecule has 0 atom stereocenters. The van der Waals surface area contributed by atoms with Gasteiger partial charge in [-0.1, -0.05) is 60.7 Å². The highest BCUT2D eigenvalue weighted by Gasteiger charge is 2.18. The number of esters is 1. The summed E-state index contributed by atoms with van der Waals surface area (Å²) in [4.78, 5) is 16.6. The first-order chi connectivity index (χ1) is 13.2. The Kier molecular flexibility index (Phi) is 4.30. The summed E-state index contributed by atoms with van der Waals surface area (Å²) in [5.74, 6) is 0.0763. The Hall–Kier alpha value is -3.66. The SMILES string of the molecule is COC(=O)c1ccc2nc(N)c(-c3ccccc3)c(-c3ccccc3)c2c1. The van der Waals surface area contributed by atoms with Crippen LogP contribution in [-0.2, 0) is 4.74 Å². The van der Waals surface area contributed by atoms with E-state index in [0.717, 1.165) is 33.2 Å². The third-order valence-electron chi connectivity index (χ3n) is 4.56. The zero-order chi connectivity index (χ0) is 18.8. The standard InChI is InChI=1S/C23H18N2O2/c1-27-23(26)17-12-13-19-18(14-17)20(15-8-4-2-5-9-15)21(22(24)25-19)16-10-6-3-7-11-16/h2-14H,1H3,(H2,24,25). The van der Waals surface area contributed by atoms with E-state index in [1.165, 1.54) is 7.11 Å². The number of ether oxygens (including phenoxy) is 1. The number of nitrogen functional groups attached to an aromatic ring is 1. The summed E-state index contributed by atoms with van der Waals surface area (Å²) in [7, 11) is 1.38. The van der Waals surface area contributed by atoms with Crippen LogP contribution in [0.1, 0.15) is 10.4 Å². The molecule has 0 unspecified atom stereocenters. The van der Waals surface area contributed by atoms with Gasteiger partial charge in [0.2, 0.25) is 0 Å². The fraction of sp³-hybridized carbons (Fsp3) is 0.0435. The summed E-state index contributed by atoms with van der Waals surface area (Å²) in [6.07, 6.45) is 0. The van der Waals surface area contributed by atoms with Crippen molar-refractivity contribution in [2.24, 2.45) is 0 Å². The molecule has 0 aliphatic carbocycles. The molecule has 0 spiro atoms. The molecule has 132 valence electrons. The van der Waals surface area contributed by atoms with Crippen molar-refractivity contribution in [3.8, 4) is 22.3 Å². The van der Waals surface area contributed by atoms with Gasteiger partial charge in [-0.25, -0.2) is 9.78 Å². The number of nitrogens with zero attached hydrogens (tertiary/aromatic N) is 1. The second kappa shape index (κ2) is 6.92. The minimum Gasteiger partial charge on any atom is -0.465 e. The Bertz CT molecular complexity index is 1120. The Morgan fingerprint density at radius 2 is 1.44 bits per heavy atom. The van der Waals surface area contributed by atoms with E-state index < -0.39 is 0 Å². The zero-order valence-electron chi connectivity index (χ0n) is 14.8. The molecule has 0 fully saturated rings. The van der Waals surface area contributed by atoms with Gasteiger partial charge >= 0.3 is 5.97 Å². The summed E-state index contributed by atoms with van der Waals surface area (Å²) < 4.78 is 4.89. The van der Waals surface area contributed by atoms with E-state index in [2.05, 4.69) is 4.98 Å². The third kappa shape index (κ3) is 3.02. The van der Waals surface area contributed by atoms with Crippen molar-refractivity contribution in [1.82, 2.24) is 4.98 Å².